The lowest BCUT2D eigenvalue weighted by Crippen LogP contribution is -2.01. The van der Waals surface area contributed by atoms with Crippen LogP contribution in [0.2, 0.25) is 0 Å². The number of carbonyl (C=O) groups excluding carboxylic acids is 1. The average molecular weight is 207 g/mol. The van der Waals surface area contributed by atoms with E-state index in [2.05, 4.69) is 4.98 Å². The largest absolute Gasteiger partial charge is 0.477 e. The van der Waals surface area contributed by atoms with Gasteiger partial charge in [-0.1, -0.05) is 0 Å². The molecule has 14 heavy (non-hydrogen) atoms. The summed E-state index contributed by atoms with van der Waals surface area (Å²) < 4.78 is 0. The Morgan fingerprint density at radius 3 is 3.00 bits per heavy atom. The van der Waals surface area contributed by atoms with Crippen LogP contribution >= 0.6 is 11.3 Å². The maximum atomic E-state index is 10.7. The summed E-state index contributed by atoms with van der Waals surface area (Å²) in [5, 5.41) is 11.2. The minimum atomic E-state index is -1.12. The van der Waals surface area contributed by atoms with Gasteiger partial charge in [0.15, 0.2) is 12.0 Å². The molecule has 2 heterocycles. The van der Waals surface area contributed by atoms with Crippen molar-refractivity contribution in [3.8, 4) is 0 Å². The summed E-state index contributed by atoms with van der Waals surface area (Å²) >= 11 is 1.32. The van der Waals surface area contributed by atoms with Crippen LogP contribution in [0.5, 0.6) is 0 Å². The number of hydrogen-bond acceptors (Lipinski definition) is 4. The molecule has 2 aromatic rings. The lowest BCUT2D eigenvalue weighted by Gasteiger charge is -1.96. The van der Waals surface area contributed by atoms with Crippen molar-refractivity contribution in [1.29, 1.82) is 0 Å². The van der Waals surface area contributed by atoms with E-state index in [0.717, 1.165) is 0 Å². The van der Waals surface area contributed by atoms with E-state index in [-0.39, 0.29) is 5.69 Å². The minimum Gasteiger partial charge on any atom is -0.477 e. The smallest absolute Gasteiger partial charge is 0.354 e. The van der Waals surface area contributed by atoms with Crippen molar-refractivity contribution < 1.29 is 14.7 Å². The molecule has 0 bridgehead atoms. The molecule has 0 aliphatic heterocycles. The summed E-state index contributed by atoms with van der Waals surface area (Å²) in [6.45, 7) is 0. The van der Waals surface area contributed by atoms with Gasteiger partial charge in [-0.15, -0.1) is 11.3 Å². The van der Waals surface area contributed by atoms with Crippen LogP contribution in [-0.4, -0.2) is 22.3 Å². The van der Waals surface area contributed by atoms with E-state index < -0.39 is 5.97 Å². The normalized spacial score (nSPS) is 10.3. The monoisotopic (exact) mass is 207 g/mol. The fraction of sp³-hybridized carbons (Fsp3) is 0. The van der Waals surface area contributed by atoms with Gasteiger partial charge in [-0.05, 0) is 17.5 Å². The lowest BCUT2D eigenvalue weighted by molar-refractivity contribution is 0.0691. The van der Waals surface area contributed by atoms with Crippen LogP contribution < -0.4 is 0 Å². The second kappa shape index (κ2) is 3.19. The summed E-state index contributed by atoms with van der Waals surface area (Å²) in [6, 6.07) is 3.03. The predicted molar refractivity (Wildman–Crippen MR) is 52.0 cm³/mol. The van der Waals surface area contributed by atoms with Gasteiger partial charge >= 0.3 is 5.97 Å². The Morgan fingerprint density at radius 1 is 1.57 bits per heavy atom. The molecule has 5 heteroatoms. The second-order valence-corrected chi connectivity index (χ2v) is 3.55. The summed E-state index contributed by atoms with van der Waals surface area (Å²) in [6.07, 6.45) is 0.642. The molecule has 0 aliphatic rings. The van der Waals surface area contributed by atoms with Gasteiger partial charge in [0.25, 0.3) is 0 Å². The number of hydrogen-bond donors (Lipinski definition) is 1. The molecule has 0 aromatic carbocycles. The van der Waals surface area contributed by atoms with Gasteiger partial charge in [-0.25, -0.2) is 9.78 Å². The minimum absolute atomic E-state index is 0.0953. The van der Waals surface area contributed by atoms with Gasteiger partial charge in [-0.3, -0.25) is 4.79 Å². The van der Waals surface area contributed by atoms with Crippen molar-refractivity contribution >= 4 is 33.8 Å². The van der Waals surface area contributed by atoms with E-state index in [1.54, 1.807) is 11.4 Å². The molecule has 0 saturated heterocycles. The number of carbonyl (C=O) groups is 2. The van der Waals surface area contributed by atoms with Crippen LogP contribution in [-0.2, 0) is 0 Å². The zero-order chi connectivity index (χ0) is 10.1. The molecule has 1 N–H and O–H groups in total. The van der Waals surface area contributed by atoms with Crippen LogP contribution in [0.25, 0.3) is 10.2 Å². The zero-order valence-electron chi connectivity index (χ0n) is 6.93. The fourth-order valence-electron chi connectivity index (χ4n) is 1.18. The maximum Gasteiger partial charge on any atom is 0.354 e. The first-order chi connectivity index (χ1) is 6.72. The molecule has 4 nitrogen and oxygen atoms in total. The average Bonchev–Trinajstić information content (AvgIpc) is 2.63. The van der Waals surface area contributed by atoms with Gasteiger partial charge in [-0.2, -0.15) is 0 Å². The summed E-state index contributed by atoms with van der Waals surface area (Å²) in [7, 11) is 0. The lowest BCUT2D eigenvalue weighted by atomic mass is 10.2. The highest BCUT2D eigenvalue weighted by atomic mass is 32.1. The number of carboxylic acids is 1. The summed E-state index contributed by atoms with van der Waals surface area (Å²) in [5.41, 5.74) is 0.274. The van der Waals surface area contributed by atoms with Crippen molar-refractivity contribution in [2.24, 2.45) is 0 Å². The number of pyridine rings is 1. The number of nitrogens with zero attached hydrogens (tertiary/aromatic N) is 1. The quantitative estimate of drug-likeness (QED) is 0.762. The molecule has 0 aliphatic carbocycles. The van der Waals surface area contributed by atoms with E-state index in [1.807, 2.05) is 0 Å². The molecule has 0 saturated carbocycles. The van der Waals surface area contributed by atoms with Crippen LogP contribution in [0.15, 0.2) is 17.5 Å². The third kappa shape index (κ3) is 1.27. The molecule has 0 amide bonds. The Labute approximate surface area is 82.8 Å². The number of carboxylic acid groups (broad SMARTS) is 1. The van der Waals surface area contributed by atoms with Crippen molar-refractivity contribution in [2.45, 2.75) is 0 Å². The molecule has 0 spiro atoms. The van der Waals surface area contributed by atoms with Gasteiger partial charge < -0.3 is 5.11 Å². The number of rotatable bonds is 2. The molecule has 0 radical (unpaired) electrons. The topological polar surface area (TPSA) is 67.3 Å². The standard InChI is InChI=1S/C9H5NO3S/c11-4-5-3-7(9(12)13)10-8-6(5)1-2-14-8/h1-4H,(H,12,13). The Balaban J connectivity index is 2.79. The highest BCUT2D eigenvalue weighted by Gasteiger charge is 2.10. The third-order valence-electron chi connectivity index (χ3n) is 1.82. The van der Waals surface area contributed by atoms with Crippen molar-refractivity contribution in [3.05, 3.63) is 28.8 Å². The molecule has 0 atom stereocenters. The number of thiophene rings is 1. The van der Waals surface area contributed by atoms with E-state index in [1.165, 1.54) is 17.4 Å². The maximum absolute atomic E-state index is 10.7. The Bertz CT molecular complexity index is 518. The van der Waals surface area contributed by atoms with E-state index in [0.29, 0.717) is 22.1 Å². The van der Waals surface area contributed by atoms with Gasteiger partial charge in [0, 0.05) is 10.9 Å². The Hall–Kier alpha value is -1.75. The van der Waals surface area contributed by atoms with Crippen molar-refractivity contribution in [1.82, 2.24) is 4.98 Å². The first-order valence-electron chi connectivity index (χ1n) is 3.79. The van der Waals surface area contributed by atoms with Crippen molar-refractivity contribution in [2.75, 3.05) is 0 Å². The number of aldehydes is 1. The number of aromatic carboxylic acids is 1. The Morgan fingerprint density at radius 2 is 2.36 bits per heavy atom. The molecule has 70 valence electrons. The van der Waals surface area contributed by atoms with Crippen LogP contribution in [0.1, 0.15) is 20.8 Å². The summed E-state index contributed by atoms with van der Waals surface area (Å²) in [4.78, 5) is 25.8. The zero-order valence-corrected chi connectivity index (χ0v) is 7.75. The van der Waals surface area contributed by atoms with Crippen LogP contribution in [0.4, 0.5) is 0 Å². The van der Waals surface area contributed by atoms with Gasteiger partial charge in [0.1, 0.15) is 4.83 Å². The SMILES string of the molecule is O=Cc1cc(C(=O)O)nc2sccc12. The molecular weight excluding hydrogens is 202 g/mol. The highest BCUT2D eigenvalue weighted by Crippen LogP contribution is 2.22. The molecule has 0 unspecified atom stereocenters. The molecule has 0 fully saturated rings. The van der Waals surface area contributed by atoms with E-state index in [4.69, 9.17) is 5.11 Å². The van der Waals surface area contributed by atoms with Crippen LogP contribution in [0, 0.1) is 0 Å². The highest BCUT2D eigenvalue weighted by molar-refractivity contribution is 7.16. The number of aromatic nitrogens is 1. The van der Waals surface area contributed by atoms with Gasteiger partial charge in [0.05, 0.1) is 0 Å². The first-order valence-corrected chi connectivity index (χ1v) is 4.67. The van der Waals surface area contributed by atoms with Crippen molar-refractivity contribution in [3.63, 3.8) is 0 Å². The number of fused-ring (bicyclic) bond motifs is 1. The molecular formula is C9H5NO3S. The summed E-state index contributed by atoms with van der Waals surface area (Å²) in [5.74, 6) is -1.12. The fourth-order valence-corrected chi connectivity index (χ4v) is 1.98. The van der Waals surface area contributed by atoms with Crippen LogP contribution in [0.3, 0.4) is 0 Å². The molecule has 2 rings (SSSR count). The predicted octanol–water partition coefficient (Wildman–Crippen LogP) is 1.81. The molecule has 2 aromatic heterocycles. The van der Waals surface area contributed by atoms with E-state index >= 15 is 0 Å². The Kier molecular flexibility index (Phi) is 2.01. The van der Waals surface area contributed by atoms with E-state index in [9.17, 15) is 9.59 Å². The van der Waals surface area contributed by atoms with Gasteiger partial charge in [0.2, 0.25) is 0 Å². The second-order valence-electron chi connectivity index (χ2n) is 2.66. The first kappa shape index (κ1) is 8.83. The third-order valence-corrected chi connectivity index (χ3v) is 2.62.